The highest BCUT2D eigenvalue weighted by atomic mass is 32.1. The van der Waals surface area contributed by atoms with Crippen molar-refractivity contribution in [3.8, 4) is 0 Å². The van der Waals surface area contributed by atoms with Crippen molar-refractivity contribution in [2.24, 2.45) is 0 Å². The first-order chi connectivity index (χ1) is 14.2. The van der Waals surface area contributed by atoms with E-state index in [-0.39, 0.29) is 18.1 Å². The van der Waals surface area contributed by atoms with Crippen LogP contribution in [0.15, 0.2) is 42.7 Å². The van der Waals surface area contributed by atoms with Crippen LogP contribution < -0.4 is 5.32 Å². The number of rotatable bonds is 6. The molecule has 3 heterocycles. The van der Waals surface area contributed by atoms with Gasteiger partial charge in [-0.3, -0.25) is 9.78 Å². The Labute approximate surface area is 177 Å². The van der Waals surface area contributed by atoms with E-state index in [0.29, 0.717) is 24.1 Å². The third-order valence-corrected chi connectivity index (χ3v) is 6.42. The highest BCUT2D eigenvalue weighted by Crippen LogP contribution is 2.41. The minimum Gasteiger partial charge on any atom is -0.469 e. The van der Waals surface area contributed by atoms with E-state index in [1.165, 1.54) is 44.9 Å². The fourth-order valence-corrected chi connectivity index (χ4v) is 4.96. The van der Waals surface area contributed by atoms with Gasteiger partial charge in [0.2, 0.25) is 0 Å². The van der Waals surface area contributed by atoms with Gasteiger partial charge in [0.15, 0.2) is 5.11 Å². The first-order valence-electron chi connectivity index (χ1n) is 10.4. The zero-order chi connectivity index (χ0) is 20.2. The fourth-order valence-electron chi connectivity index (χ4n) is 4.63. The number of esters is 1. The van der Waals surface area contributed by atoms with Gasteiger partial charge < -0.3 is 19.5 Å². The molecule has 7 heteroatoms. The van der Waals surface area contributed by atoms with Gasteiger partial charge in [-0.15, -0.1) is 0 Å². The molecular weight excluding hydrogens is 384 g/mol. The molecule has 0 unspecified atom stereocenters. The predicted molar refractivity (Wildman–Crippen MR) is 115 cm³/mol. The largest absolute Gasteiger partial charge is 0.469 e. The van der Waals surface area contributed by atoms with E-state index in [9.17, 15) is 4.79 Å². The fraction of sp³-hybridized carbons (Fsp3) is 0.500. The van der Waals surface area contributed by atoms with Crippen LogP contribution in [0, 0.1) is 0 Å². The molecule has 29 heavy (non-hydrogen) atoms. The van der Waals surface area contributed by atoms with Crippen LogP contribution in [0.25, 0.3) is 0 Å². The summed E-state index contributed by atoms with van der Waals surface area (Å²) in [5.74, 6) is -0.226. The van der Waals surface area contributed by atoms with Crippen molar-refractivity contribution in [2.45, 2.75) is 56.7 Å². The molecular formula is C22H28N4O2S. The Morgan fingerprint density at radius 2 is 2.07 bits per heavy atom. The number of pyridine rings is 1. The summed E-state index contributed by atoms with van der Waals surface area (Å²) in [6.45, 7) is 0.516. The normalized spacial score (nSPS) is 22.5. The Balaban J connectivity index is 1.69. The van der Waals surface area contributed by atoms with E-state index in [1.54, 1.807) is 0 Å². The van der Waals surface area contributed by atoms with Gasteiger partial charge in [-0.05, 0) is 49.3 Å². The predicted octanol–water partition coefficient (Wildman–Crippen LogP) is 3.92. The number of carbonyl (C=O) groups excluding carboxylic acids is 1. The van der Waals surface area contributed by atoms with Crippen LogP contribution in [0.4, 0.5) is 0 Å². The molecule has 1 aliphatic carbocycles. The second kappa shape index (κ2) is 8.95. The third kappa shape index (κ3) is 4.15. The van der Waals surface area contributed by atoms with Gasteiger partial charge in [-0.2, -0.15) is 0 Å². The number of hydrogen-bond acceptors (Lipinski definition) is 4. The molecule has 0 aromatic carbocycles. The summed E-state index contributed by atoms with van der Waals surface area (Å²) in [5.41, 5.74) is 2.18. The number of nitrogens with one attached hydrogen (secondary N) is 1. The molecule has 1 saturated carbocycles. The third-order valence-electron chi connectivity index (χ3n) is 6.07. The Morgan fingerprint density at radius 1 is 1.24 bits per heavy atom. The molecule has 154 valence electrons. The SMILES string of the molecule is COC(=O)CCN1C(=S)N[C@@H](c2ccccn2)[C@@H]1c1cccn1C1CCCCC1. The van der Waals surface area contributed by atoms with E-state index >= 15 is 0 Å². The molecule has 1 N–H and O–H groups in total. The quantitative estimate of drug-likeness (QED) is 0.573. The van der Waals surface area contributed by atoms with E-state index in [0.717, 1.165) is 5.69 Å². The maximum Gasteiger partial charge on any atom is 0.307 e. The summed E-state index contributed by atoms with van der Waals surface area (Å²) in [6.07, 6.45) is 10.6. The van der Waals surface area contributed by atoms with Crippen LogP contribution >= 0.6 is 12.2 Å². The number of ether oxygens (including phenoxy) is 1. The van der Waals surface area contributed by atoms with Gasteiger partial charge in [0, 0.05) is 30.7 Å². The minimum absolute atomic E-state index is 0.0148. The maximum absolute atomic E-state index is 11.8. The molecule has 0 spiro atoms. The summed E-state index contributed by atoms with van der Waals surface area (Å²) in [5, 5.41) is 4.12. The number of hydrogen-bond donors (Lipinski definition) is 1. The molecule has 0 radical (unpaired) electrons. The lowest BCUT2D eigenvalue weighted by Gasteiger charge is -2.32. The lowest BCUT2D eigenvalue weighted by atomic mass is 9.94. The Bertz CT molecular complexity index is 848. The number of nitrogens with zero attached hydrogens (tertiary/aromatic N) is 3. The first kappa shape index (κ1) is 19.9. The average Bonchev–Trinajstić information content (AvgIpc) is 3.37. The molecule has 0 amide bonds. The summed E-state index contributed by atoms with van der Waals surface area (Å²) in [6, 6.07) is 10.7. The monoisotopic (exact) mass is 412 g/mol. The van der Waals surface area contributed by atoms with Crippen LogP contribution in [0.5, 0.6) is 0 Å². The molecule has 4 rings (SSSR count). The van der Waals surface area contributed by atoms with E-state index < -0.39 is 0 Å². The second-order valence-corrected chi connectivity index (χ2v) is 8.16. The molecule has 0 bridgehead atoms. The molecule has 2 atom stereocenters. The first-order valence-corrected chi connectivity index (χ1v) is 10.8. The highest BCUT2D eigenvalue weighted by molar-refractivity contribution is 7.80. The summed E-state index contributed by atoms with van der Waals surface area (Å²) < 4.78 is 7.29. The number of carbonyl (C=O) groups is 1. The van der Waals surface area contributed by atoms with Crippen molar-refractivity contribution in [3.63, 3.8) is 0 Å². The topological polar surface area (TPSA) is 59.4 Å². The summed E-state index contributed by atoms with van der Waals surface area (Å²) >= 11 is 5.68. The van der Waals surface area contributed by atoms with Crippen molar-refractivity contribution < 1.29 is 9.53 Å². The summed E-state index contributed by atoms with van der Waals surface area (Å²) in [4.78, 5) is 18.5. The average molecular weight is 413 g/mol. The van der Waals surface area contributed by atoms with Crippen LogP contribution in [0.2, 0.25) is 0 Å². The zero-order valence-electron chi connectivity index (χ0n) is 16.8. The smallest absolute Gasteiger partial charge is 0.307 e. The molecule has 2 aliphatic rings. The summed E-state index contributed by atoms with van der Waals surface area (Å²) in [7, 11) is 1.42. The Morgan fingerprint density at radius 3 is 2.79 bits per heavy atom. The number of thiocarbonyl (C=S) groups is 1. The lowest BCUT2D eigenvalue weighted by molar-refractivity contribution is -0.140. The molecule has 2 fully saturated rings. The van der Waals surface area contributed by atoms with Gasteiger partial charge in [0.25, 0.3) is 0 Å². The van der Waals surface area contributed by atoms with Crippen molar-refractivity contribution in [1.29, 1.82) is 0 Å². The molecule has 1 saturated heterocycles. The minimum atomic E-state index is -0.226. The van der Waals surface area contributed by atoms with Crippen molar-refractivity contribution >= 4 is 23.3 Å². The molecule has 6 nitrogen and oxygen atoms in total. The number of methoxy groups -OCH3 is 1. The molecule has 1 aliphatic heterocycles. The Kier molecular flexibility index (Phi) is 6.13. The second-order valence-electron chi connectivity index (χ2n) is 7.78. The molecule has 2 aromatic rings. The van der Waals surface area contributed by atoms with Gasteiger partial charge in [0.1, 0.15) is 0 Å². The Hall–Kier alpha value is -2.41. The van der Waals surface area contributed by atoms with Crippen molar-refractivity contribution in [3.05, 3.63) is 54.1 Å². The van der Waals surface area contributed by atoms with Gasteiger partial charge >= 0.3 is 5.97 Å². The van der Waals surface area contributed by atoms with E-state index in [4.69, 9.17) is 17.0 Å². The van der Waals surface area contributed by atoms with E-state index in [2.05, 4.69) is 38.1 Å². The van der Waals surface area contributed by atoms with Gasteiger partial charge in [0.05, 0.1) is 31.3 Å². The van der Waals surface area contributed by atoms with Crippen LogP contribution in [0.3, 0.4) is 0 Å². The van der Waals surface area contributed by atoms with Crippen LogP contribution in [-0.2, 0) is 9.53 Å². The molecule has 2 aromatic heterocycles. The lowest BCUT2D eigenvalue weighted by Crippen LogP contribution is -2.33. The maximum atomic E-state index is 11.8. The highest BCUT2D eigenvalue weighted by Gasteiger charge is 2.41. The standard InChI is InChI=1S/C22H28N4O2S/c1-28-19(27)12-15-26-21(20(24-22(26)29)17-10-5-6-13-23-17)18-11-7-14-25(18)16-8-3-2-4-9-16/h5-7,10-11,13-14,16,20-21H,2-4,8-9,12,15H2,1H3,(H,24,29)/t20-,21-/m0/s1. The van der Waals surface area contributed by atoms with Crippen LogP contribution in [0.1, 0.15) is 68.0 Å². The van der Waals surface area contributed by atoms with Crippen molar-refractivity contribution in [1.82, 2.24) is 19.8 Å². The van der Waals surface area contributed by atoms with E-state index in [1.807, 2.05) is 24.4 Å². The van der Waals surface area contributed by atoms with Crippen molar-refractivity contribution in [2.75, 3.05) is 13.7 Å². The van der Waals surface area contributed by atoms with Crippen LogP contribution in [-0.4, -0.2) is 39.2 Å². The number of aromatic nitrogens is 2. The zero-order valence-corrected chi connectivity index (χ0v) is 17.6. The van der Waals surface area contributed by atoms with Gasteiger partial charge in [-0.25, -0.2) is 0 Å². The van der Waals surface area contributed by atoms with Gasteiger partial charge in [-0.1, -0.05) is 25.3 Å².